The largest absolute Gasteiger partial charge is 0.353 e. The number of nitrogens with one attached hydrogen (secondary N) is 1. The van der Waals surface area contributed by atoms with Gasteiger partial charge in [0.2, 0.25) is 0 Å². The molecule has 1 aromatic carbocycles. The monoisotopic (exact) mass is 393 g/mol. The van der Waals surface area contributed by atoms with Crippen LogP contribution in [0.3, 0.4) is 0 Å². The first-order valence-electron chi connectivity index (χ1n) is 10.4. The van der Waals surface area contributed by atoms with Crippen LogP contribution in [-0.4, -0.2) is 60.0 Å². The molecule has 2 aromatic rings. The van der Waals surface area contributed by atoms with Gasteiger partial charge in [0, 0.05) is 39.3 Å². The highest BCUT2D eigenvalue weighted by Gasteiger charge is 2.18. The zero-order valence-electron chi connectivity index (χ0n) is 17.4. The SMILES string of the molecule is CC(C)CCNC(=O)c1cnc(N2CCN(C/C=C/c3ccccc3)CC2)cn1. The van der Waals surface area contributed by atoms with Crippen molar-refractivity contribution in [3.05, 3.63) is 60.1 Å². The summed E-state index contributed by atoms with van der Waals surface area (Å²) in [6.45, 7) is 9.68. The van der Waals surface area contributed by atoms with Crippen LogP contribution in [0.25, 0.3) is 6.08 Å². The second-order valence-corrected chi connectivity index (χ2v) is 7.80. The summed E-state index contributed by atoms with van der Waals surface area (Å²) in [6, 6.07) is 10.4. The Bertz CT molecular complexity index is 781. The van der Waals surface area contributed by atoms with Crippen LogP contribution >= 0.6 is 0 Å². The second-order valence-electron chi connectivity index (χ2n) is 7.80. The van der Waals surface area contributed by atoms with Crippen molar-refractivity contribution < 1.29 is 4.79 Å². The topological polar surface area (TPSA) is 61.4 Å². The molecule has 0 bridgehead atoms. The van der Waals surface area contributed by atoms with E-state index in [9.17, 15) is 4.79 Å². The van der Waals surface area contributed by atoms with Crippen molar-refractivity contribution in [1.82, 2.24) is 20.2 Å². The molecule has 29 heavy (non-hydrogen) atoms. The van der Waals surface area contributed by atoms with Crippen molar-refractivity contribution in [2.75, 3.05) is 44.2 Å². The average molecular weight is 394 g/mol. The van der Waals surface area contributed by atoms with E-state index in [4.69, 9.17) is 0 Å². The normalized spacial score (nSPS) is 15.2. The van der Waals surface area contributed by atoms with Crippen molar-refractivity contribution in [3.8, 4) is 0 Å². The fourth-order valence-electron chi connectivity index (χ4n) is 3.23. The van der Waals surface area contributed by atoms with E-state index in [2.05, 4.69) is 75.3 Å². The number of anilines is 1. The molecule has 0 saturated carbocycles. The zero-order chi connectivity index (χ0) is 20.5. The number of nitrogens with zero attached hydrogens (tertiary/aromatic N) is 4. The Labute approximate surface area is 173 Å². The summed E-state index contributed by atoms with van der Waals surface area (Å²) >= 11 is 0. The molecule has 0 radical (unpaired) electrons. The first-order chi connectivity index (χ1) is 14.1. The highest BCUT2D eigenvalue weighted by atomic mass is 16.1. The fraction of sp³-hybridized carbons (Fsp3) is 0.435. The van der Waals surface area contributed by atoms with Gasteiger partial charge in [0.05, 0.1) is 12.4 Å². The number of aromatic nitrogens is 2. The minimum atomic E-state index is -0.153. The van der Waals surface area contributed by atoms with Crippen LogP contribution < -0.4 is 10.2 Å². The van der Waals surface area contributed by atoms with Gasteiger partial charge < -0.3 is 10.2 Å². The fourth-order valence-corrected chi connectivity index (χ4v) is 3.23. The minimum absolute atomic E-state index is 0.153. The summed E-state index contributed by atoms with van der Waals surface area (Å²) in [5.41, 5.74) is 1.61. The van der Waals surface area contributed by atoms with Crippen LogP contribution in [-0.2, 0) is 0 Å². The summed E-state index contributed by atoms with van der Waals surface area (Å²) in [4.78, 5) is 25.6. The molecule has 6 nitrogen and oxygen atoms in total. The maximum Gasteiger partial charge on any atom is 0.271 e. The predicted octanol–water partition coefficient (Wildman–Crippen LogP) is 3.09. The van der Waals surface area contributed by atoms with Gasteiger partial charge in [-0.25, -0.2) is 9.97 Å². The van der Waals surface area contributed by atoms with E-state index < -0.39 is 0 Å². The third-order valence-corrected chi connectivity index (χ3v) is 5.05. The molecule has 0 spiro atoms. The van der Waals surface area contributed by atoms with Crippen LogP contribution in [0.15, 0.2) is 48.8 Å². The van der Waals surface area contributed by atoms with Gasteiger partial charge in [-0.1, -0.05) is 56.3 Å². The van der Waals surface area contributed by atoms with Crippen LogP contribution in [0.5, 0.6) is 0 Å². The van der Waals surface area contributed by atoms with Gasteiger partial charge >= 0.3 is 0 Å². The lowest BCUT2D eigenvalue weighted by molar-refractivity contribution is 0.0946. The number of piperazine rings is 1. The quantitative estimate of drug-likeness (QED) is 0.747. The molecule has 1 aliphatic rings. The molecule has 0 aliphatic carbocycles. The highest BCUT2D eigenvalue weighted by molar-refractivity contribution is 5.91. The average Bonchev–Trinajstić information content (AvgIpc) is 2.75. The molecule has 6 heteroatoms. The summed E-state index contributed by atoms with van der Waals surface area (Å²) in [5.74, 6) is 1.25. The van der Waals surface area contributed by atoms with E-state index in [1.165, 1.54) is 5.56 Å². The van der Waals surface area contributed by atoms with Gasteiger partial charge in [-0.2, -0.15) is 0 Å². The molecular formula is C23H31N5O. The minimum Gasteiger partial charge on any atom is -0.353 e. The maximum absolute atomic E-state index is 12.1. The first kappa shape index (κ1) is 21.0. The van der Waals surface area contributed by atoms with E-state index in [0.717, 1.165) is 45.0 Å². The van der Waals surface area contributed by atoms with E-state index >= 15 is 0 Å². The number of benzene rings is 1. The zero-order valence-corrected chi connectivity index (χ0v) is 17.4. The molecule has 154 valence electrons. The molecule has 0 unspecified atom stereocenters. The van der Waals surface area contributed by atoms with Crippen molar-refractivity contribution in [3.63, 3.8) is 0 Å². The maximum atomic E-state index is 12.1. The number of hydrogen-bond acceptors (Lipinski definition) is 5. The number of carbonyl (C=O) groups excluding carboxylic acids is 1. The van der Waals surface area contributed by atoms with Crippen LogP contribution in [0.1, 0.15) is 36.3 Å². The molecule has 1 aliphatic heterocycles. The lowest BCUT2D eigenvalue weighted by atomic mass is 10.1. The Morgan fingerprint density at radius 3 is 2.52 bits per heavy atom. The standard InChI is InChI=1S/C23H31N5O/c1-19(2)10-11-24-23(29)21-17-26-22(18-25-21)28-15-13-27(14-16-28)12-6-9-20-7-4-3-5-8-20/h3-9,17-19H,10-16H2,1-2H3,(H,24,29)/b9-6+. The molecule has 1 saturated heterocycles. The third kappa shape index (κ3) is 6.68. The predicted molar refractivity (Wildman–Crippen MR) is 118 cm³/mol. The molecule has 0 atom stereocenters. The van der Waals surface area contributed by atoms with Gasteiger partial charge in [-0.15, -0.1) is 0 Å². The number of carbonyl (C=O) groups is 1. The number of rotatable bonds is 8. The Morgan fingerprint density at radius 1 is 1.10 bits per heavy atom. The van der Waals surface area contributed by atoms with E-state index in [-0.39, 0.29) is 5.91 Å². The van der Waals surface area contributed by atoms with Gasteiger partial charge in [-0.3, -0.25) is 9.69 Å². The lowest BCUT2D eigenvalue weighted by Gasteiger charge is -2.34. The summed E-state index contributed by atoms with van der Waals surface area (Å²) in [6.07, 6.45) is 8.64. The van der Waals surface area contributed by atoms with Gasteiger partial charge in [-0.05, 0) is 17.9 Å². The van der Waals surface area contributed by atoms with Crippen molar-refractivity contribution >= 4 is 17.8 Å². The smallest absolute Gasteiger partial charge is 0.271 e. The van der Waals surface area contributed by atoms with Crippen LogP contribution in [0.2, 0.25) is 0 Å². The molecule has 1 N–H and O–H groups in total. The van der Waals surface area contributed by atoms with E-state index in [1.54, 1.807) is 12.4 Å². The van der Waals surface area contributed by atoms with Crippen molar-refractivity contribution in [2.24, 2.45) is 5.92 Å². The third-order valence-electron chi connectivity index (χ3n) is 5.05. The van der Waals surface area contributed by atoms with E-state index in [0.29, 0.717) is 18.2 Å². The molecule has 3 rings (SSSR count). The van der Waals surface area contributed by atoms with Gasteiger partial charge in [0.15, 0.2) is 0 Å². The van der Waals surface area contributed by atoms with Crippen LogP contribution in [0, 0.1) is 5.92 Å². The molecule has 2 heterocycles. The highest BCUT2D eigenvalue weighted by Crippen LogP contribution is 2.13. The van der Waals surface area contributed by atoms with E-state index in [1.807, 2.05) is 6.07 Å². The number of amides is 1. The van der Waals surface area contributed by atoms with Crippen molar-refractivity contribution in [2.45, 2.75) is 20.3 Å². The molecule has 1 fully saturated rings. The number of hydrogen-bond donors (Lipinski definition) is 1. The summed E-state index contributed by atoms with van der Waals surface area (Å²) in [7, 11) is 0. The van der Waals surface area contributed by atoms with Gasteiger partial charge in [0.1, 0.15) is 11.5 Å². The lowest BCUT2D eigenvalue weighted by Crippen LogP contribution is -2.46. The molecule has 1 aromatic heterocycles. The molecule has 1 amide bonds. The Hall–Kier alpha value is -2.73. The van der Waals surface area contributed by atoms with Crippen LogP contribution in [0.4, 0.5) is 5.82 Å². The van der Waals surface area contributed by atoms with Gasteiger partial charge in [0.25, 0.3) is 5.91 Å². The van der Waals surface area contributed by atoms with Crippen molar-refractivity contribution in [1.29, 1.82) is 0 Å². The summed E-state index contributed by atoms with van der Waals surface area (Å²) in [5, 5.41) is 2.90. The first-order valence-corrected chi connectivity index (χ1v) is 10.4. The molecular weight excluding hydrogens is 362 g/mol. The Kier molecular flexibility index (Phi) is 7.76. The second kappa shape index (κ2) is 10.7. The summed E-state index contributed by atoms with van der Waals surface area (Å²) < 4.78 is 0. The Balaban J connectivity index is 1.43. The Morgan fingerprint density at radius 2 is 1.86 bits per heavy atom.